The van der Waals surface area contributed by atoms with Crippen molar-refractivity contribution >= 4 is 17.9 Å². The lowest BCUT2D eigenvalue weighted by atomic mass is 10.1. The fraction of sp³-hybridized carbons (Fsp3) is 0.400. The summed E-state index contributed by atoms with van der Waals surface area (Å²) < 4.78 is 10.1. The van der Waals surface area contributed by atoms with Gasteiger partial charge in [-0.05, 0) is 17.7 Å². The molecular formula is C15H19N3O5. The molecule has 3 N–H and O–H groups in total. The molecule has 1 aromatic carbocycles. The number of cyclic esters (lactones) is 1. The molecule has 8 nitrogen and oxygen atoms in total. The third-order valence-corrected chi connectivity index (χ3v) is 3.44. The molecule has 1 heterocycles. The Labute approximate surface area is 133 Å². The summed E-state index contributed by atoms with van der Waals surface area (Å²) in [6, 6.07) is 6.47. The molecule has 0 unspecified atom stereocenters. The van der Waals surface area contributed by atoms with Crippen LogP contribution in [-0.4, -0.2) is 49.1 Å². The summed E-state index contributed by atoms with van der Waals surface area (Å²) in [5.74, 6) is -0.213. The molecule has 3 amide bonds. The summed E-state index contributed by atoms with van der Waals surface area (Å²) in [5, 5.41) is 2.58. The highest BCUT2D eigenvalue weighted by atomic mass is 16.6. The predicted molar refractivity (Wildman–Crippen MR) is 80.5 cm³/mol. The molecule has 1 aliphatic heterocycles. The van der Waals surface area contributed by atoms with Crippen LogP contribution in [0.2, 0.25) is 0 Å². The third kappa shape index (κ3) is 4.35. The van der Waals surface area contributed by atoms with Crippen LogP contribution in [0.25, 0.3) is 0 Å². The van der Waals surface area contributed by atoms with Crippen LogP contribution in [0.15, 0.2) is 24.3 Å². The molecule has 23 heavy (non-hydrogen) atoms. The standard InChI is InChI=1S/C15H19N3O5/c1-22-11-4-2-3-10(7-11)8-18-12(9-23-15(18)21)14(20)17-6-5-13(16)19/h2-4,7,12H,5-6,8-9H2,1H3,(H2,16,19)(H,17,20)/t12-/m0/s1. The largest absolute Gasteiger partial charge is 0.497 e. The van der Waals surface area contributed by atoms with Gasteiger partial charge >= 0.3 is 6.09 Å². The molecular weight excluding hydrogens is 302 g/mol. The average molecular weight is 321 g/mol. The molecule has 0 aliphatic carbocycles. The van der Waals surface area contributed by atoms with E-state index in [1.165, 1.54) is 4.90 Å². The number of hydrogen-bond acceptors (Lipinski definition) is 5. The van der Waals surface area contributed by atoms with E-state index in [0.717, 1.165) is 5.56 Å². The van der Waals surface area contributed by atoms with E-state index >= 15 is 0 Å². The van der Waals surface area contributed by atoms with Crippen LogP contribution in [0.3, 0.4) is 0 Å². The Bertz CT molecular complexity index is 605. The number of benzene rings is 1. The number of ether oxygens (including phenoxy) is 2. The number of nitrogens with one attached hydrogen (secondary N) is 1. The van der Waals surface area contributed by atoms with Gasteiger partial charge in [0.15, 0.2) is 0 Å². The van der Waals surface area contributed by atoms with Crippen LogP contribution in [0.4, 0.5) is 4.79 Å². The zero-order valence-electron chi connectivity index (χ0n) is 12.8. The van der Waals surface area contributed by atoms with Crippen molar-refractivity contribution in [3.63, 3.8) is 0 Å². The monoisotopic (exact) mass is 321 g/mol. The van der Waals surface area contributed by atoms with E-state index in [-0.39, 0.29) is 32.0 Å². The first-order valence-corrected chi connectivity index (χ1v) is 7.13. The van der Waals surface area contributed by atoms with Gasteiger partial charge in [-0.1, -0.05) is 12.1 Å². The molecule has 2 rings (SSSR count). The summed E-state index contributed by atoms with van der Waals surface area (Å²) in [6.07, 6.45) is -0.508. The van der Waals surface area contributed by atoms with Crippen molar-refractivity contribution in [2.75, 3.05) is 20.3 Å². The molecule has 1 aromatic rings. The number of nitrogens with zero attached hydrogens (tertiary/aromatic N) is 1. The lowest BCUT2D eigenvalue weighted by Gasteiger charge is -2.21. The fourth-order valence-electron chi connectivity index (χ4n) is 2.24. The number of hydrogen-bond donors (Lipinski definition) is 2. The quantitative estimate of drug-likeness (QED) is 0.735. The van der Waals surface area contributed by atoms with E-state index in [1.807, 2.05) is 6.07 Å². The van der Waals surface area contributed by atoms with Crippen molar-refractivity contribution in [1.82, 2.24) is 10.2 Å². The van der Waals surface area contributed by atoms with E-state index in [4.69, 9.17) is 15.2 Å². The molecule has 8 heteroatoms. The Balaban J connectivity index is 2.01. The molecule has 0 saturated carbocycles. The van der Waals surface area contributed by atoms with E-state index < -0.39 is 18.0 Å². The van der Waals surface area contributed by atoms with Gasteiger partial charge in [-0.3, -0.25) is 14.5 Å². The summed E-state index contributed by atoms with van der Waals surface area (Å²) in [4.78, 5) is 36.0. The Morgan fingerprint density at radius 2 is 2.26 bits per heavy atom. The number of carbonyl (C=O) groups excluding carboxylic acids is 3. The van der Waals surface area contributed by atoms with Crippen molar-refractivity contribution in [3.05, 3.63) is 29.8 Å². The van der Waals surface area contributed by atoms with E-state index in [1.54, 1.807) is 25.3 Å². The number of rotatable bonds is 7. The molecule has 0 radical (unpaired) electrons. The van der Waals surface area contributed by atoms with Crippen molar-refractivity contribution in [2.24, 2.45) is 5.73 Å². The van der Waals surface area contributed by atoms with Crippen molar-refractivity contribution in [3.8, 4) is 5.75 Å². The van der Waals surface area contributed by atoms with Crippen LogP contribution in [0.5, 0.6) is 5.75 Å². The topological polar surface area (TPSA) is 111 Å². The lowest BCUT2D eigenvalue weighted by molar-refractivity contribution is -0.125. The van der Waals surface area contributed by atoms with Crippen LogP contribution >= 0.6 is 0 Å². The molecule has 0 spiro atoms. The molecule has 1 fully saturated rings. The van der Waals surface area contributed by atoms with Crippen LogP contribution < -0.4 is 15.8 Å². The molecule has 1 atom stereocenters. The first kappa shape index (κ1) is 16.6. The van der Waals surface area contributed by atoms with Gasteiger partial charge in [0.25, 0.3) is 0 Å². The number of primary amides is 1. The first-order chi connectivity index (χ1) is 11.0. The molecule has 1 saturated heterocycles. The second-order valence-electron chi connectivity index (χ2n) is 5.08. The maximum atomic E-state index is 12.1. The van der Waals surface area contributed by atoms with Crippen molar-refractivity contribution in [2.45, 2.75) is 19.0 Å². The number of carbonyl (C=O) groups is 3. The van der Waals surface area contributed by atoms with Gasteiger partial charge in [-0.25, -0.2) is 4.79 Å². The molecule has 0 bridgehead atoms. The van der Waals surface area contributed by atoms with Gasteiger partial charge in [-0.2, -0.15) is 0 Å². The Morgan fingerprint density at radius 3 is 2.96 bits per heavy atom. The fourth-order valence-corrected chi connectivity index (χ4v) is 2.24. The smallest absolute Gasteiger partial charge is 0.410 e. The van der Waals surface area contributed by atoms with Gasteiger partial charge in [0.1, 0.15) is 18.4 Å². The number of nitrogens with two attached hydrogens (primary N) is 1. The zero-order chi connectivity index (χ0) is 16.8. The summed E-state index contributed by atoms with van der Waals surface area (Å²) >= 11 is 0. The van der Waals surface area contributed by atoms with E-state index in [0.29, 0.717) is 5.75 Å². The summed E-state index contributed by atoms with van der Waals surface area (Å²) in [6.45, 7) is 0.334. The Hall–Kier alpha value is -2.77. The average Bonchev–Trinajstić information content (AvgIpc) is 2.88. The van der Waals surface area contributed by atoms with Gasteiger partial charge < -0.3 is 20.5 Å². The minimum atomic E-state index is -0.735. The molecule has 0 aromatic heterocycles. The van der Waals surface area contributed by atoms with Crippen LogP contribution in [-0.2, 0) is 20.9 Å². The summed E-state index contributed by atoms with van der Waals surface area (Å²) in [7, 11) is 1.55. The first-order valence-electron chi connectivity index (χ1n) is 7.13. The lowest BCUT2D eigenvalue weighted by Crippen LogP contribution is -2.46. The highest BCUT2D eigenvalue weighted by Gasteiger charge is 2.37. The number of amides is 3. The maximum Gasteiger partial charge on any atom is 0.410 e. The third-order valence-electron chi connectivity index (χ3n) is 3.44. The predicted octanol–water partition coefficient (Wildman–Crippen LogP) is 0.00760. The molecule has 124 valence electrons. The summed E-state index contributed by atoms with van der Waals surface area (Å²) in [5.41, 5.74) is 5.84. The van der Waals surface area contributed by atoms with Gasteiger partial charge in [0.2, 0.25) is 11.8 Å². The van der Waals surface area contributed by atoms with Crippen molar-refractivity contribution < 1.29 is 23.9 Å². The van der Waals surface area contributed by atoms with Crippen LogP contribution in [0.1, 0.15) is 12.0 Å². The normalized spacial score (nSPS) is 16.8. The van der Waals surface area contributed by atoms with Gasteiger partial charge in [0.05, 0.1) is 13.7 Å². The van der Waals surface area contributed by atoms with Gasteiger partial charge in [0, 0.05) is 13.0 Å². The zero-order valence-corrected chi connectivity index (χ0v) is 12.8. The minimum absolute atomic E-state index is 0.0226. The van der Waals surface area contributed by atoms with E-state index in [9.17, 15) is 14.4 Å². The van der Waals surface area contributed by atoms with E-state index in [2.05, 4.69) is 5.32 Å². The highest BCUT2D eigenvalue weighted by Crippen LogP contribution is 2.19. The SMILES string of the molecule is COc1cccc(CN2C(=O)OC[C@H]2C(=O)NCCC(N)=O)c1. The Kier molecular flexibility index (Phi) is 5.40. The van der Waals surface area contributed by atoms with Crippen molar-refractivity contribution in [1.29, 1.82) is 0 Å². The van der Waals surface area contributed by atoms with Crippen LogP contribution in [0, 0.1) is 0 Å². The van der Waals surface area contributed by atoms with Gasteiger partial charge in [-0.15, -0.1) is 0 Å². The maximum absolute atomic E-state index is 12.1. The second kappa shape index (κ2) is 7.48. The Morgan fingerprint density at radius 1 is 1.48 bits per heavy atom. The second-order valence-corrected chi connectivity index (χ2v) is 5.08. The number of methoxy groups -OCH3 is 1. The molecule has 1 aliphatic rings. The minimum Gasteiger partial charge on any atom is -0.497 e. The highest BCUT2D eigenvalue weighted by molar-refractivity contribution is 5.88.